The van der Waals surface area contributed by atoms with Gasteiger partial charge in [0.05, 0.1) is 0 Å². The van der Waals surface area contributed by atoms with Crippen LogP contribution in [0, 0.1) is 6.92 Å². The van der Waals surface area contributed by atoms with Gasteiger partial charge >= 0.3 is 0 Å². The number of ether oxygens (including phenoxy) is 1. The van der Waals surface area contributed by atoms with E-state index in [4.69, 9.17) is 4.74 Å². The molecule has 0 aliphatic rings. The van der Waals surface area contributed by atoms with E-state index in [9.17, 15) is 4.79 Å². The van der Waals surface area contributed by atoms with Gasteiger partial charge in [0.25, 0.3) is 5.91 Å². The van der Waals surface area contributed by atoms with Crippen LogP contribution >= 0.6 is 0 Å². The van der Waals surface area contributed by atoms with Crippen LogP contribution in [-0.2, 0) is 11.3 Å². The van der Waals surface area contributed by atoms with E-state index in [0.29, 0.717) is 12.4 Å². The molecule has 0 unspecified atom stereocenters. The lowest BCUT2D eigenvalue weighted by molar-refractivity contribution is -0.132. The molecule has 0 aliphatic heterocycles. The van der Waals surface area contributed by atoms with Crippen LogP contribution in [0.3, 0.4) is 0 Å². The number of carbonyl (C=O) groups excluding carboxylic acids is 1. The Morgan fingerprint density at radius 2 is 2.15 bits per heavy atom. The van der Waals surface area contributed by atoms with Crippen LogP contribution in [0.2, 0.25) is 0 Å². The summed E-state index contributed by atoms with van der Waals surface area (Å²) in [7, 11) is 1.75. The Hall–Kier alpha value is -2.43. The van der Waals surface area contributed by atoms with Gasteiger partial charge in [0.1, 0.15) is 0 Å². The van der Waals surface area contributed by atoms with Crippen molar-refractivity contribution in [2.45, 2.75) is 13.5 Å². The molecule has 104 valence electrons. The van der Waals surface area contributed by atoms with Crippen LogP contribution in [0.25, 0.3) is 0 Å². The first-order valence-electron chi connectivity index (χ1n) is 6.34. The average Bonchev–Trinajstić information content (AvgIpc) is 2.48. The fourth-order valence-corrected chi connectivity index (χ4v) is 1.68. The number of amides is 1. The number of carbonyl (C=O) groups is 1. The summed E-state index contributed by atoms with van der Waals surface area (Å²) in [6.07, 6.45) is 5.14. The second-order valence-corrected chi connectivity index (χ2v) is 4.51. The molecule has 0 N–H and O–H groups in total. The van der Waals surface area contributed by atoms with Gasteiger partial charge in [-0.05, 0) is 30.2 Å². The zero-order chi connectivity index (χ0) is 14.4. The number of rotatable bonds is 5. The molecule has 0 aliphatic carbocycles. The number of aryl methyl sites for hydroxylation is 1. The molecule has 0 atom stereocenters. The number of hydrogen-bond acceptors (Lipinski definition) is 4. The Balaban J connectivity index is 1.88. The van der Waals surface area contributed by atoms with Crippen molar-refractivity contribution < 1.29 is 9.53 Å². The zero-order valence-electron chi connectivity index (χ0n) is 11.6. The monoisotopic (exact) mass is 271 g/mol. The molecule has 20 heavy (non-hydrogen) atoms. The predicted octanol–water partition coefficient (Wildman–Crippen LogP) is 1.82. The van der Waals surface area contributed by atoms with Crippen LogP contribution in [-0.4, -0.2) is 34.4 Å². The minimum absolute atomic E-state index is 0.0210. The molecule has 5 nitrogen and oxygen atoms in total. The Bertz CT molecular complexity index is 572. The third kappa shape index (κ3) is 3.78. The van der Waals surface area contributed by atoms with Gasteiger partial charge in [0, 0.05) is 38.2 Å². The number of hydrogen-bond donors (Lipinski definition) is 0. The van der Waals surface area contributed by atoms with Crippen molar-refractivity contribution >= 4 is 5.91 Å². The van der Waals surface area contributed by atoms with Crippen molar-refractivity contribution in [3.8, 4) is 5.88 Å². The predicted molar refractivity (Wildman–Crippen MR) is 75.2 cm³/mol. The lowest BCUT2D eigenvalue weighted by Crippen LogP contribution is -2.31. The molecule has 0 radical (unpaired) electrons. The summed E-state index contributed by atoms with van der Waals surface area (Å²) in [5, 5.41) is 0. The first-order valence-corrected chi connectivity index (χ1v) is 6.34. The standard InChI is InChI=1S/C15H17N3O2/c1-12-6-8-16-9-13(12)10-18(2)15(19)11-20-14-5-3-4-7-17-14/h3-9H,10-11H2,1-2H3. The second kappa shape index (κ2) is 6.65. The Kier molecular flexibility index (Phi) is 4.65. The van der Waals surface area contributed by atoms with Crippen LogP contribution in [0.5, 0.6) is 5.88 Å². The average molecular weight is 271 g/mol. The fourth-order valence-electron chi connectivity index (χ4n) is 1.68. The third-order valence-corrected chi connectivity index (χ3v) is 2.96. The lowest BCUT2D eigenvalue weighted by Gasteiger charge is -2.18. The highest BCUT2D eigenvalue weighted by molar-refractivity contribution is 5.77. The zero-order valence-corrected chi connectivity index (χ0v) is 11.6. The summed E-state index contributed by atoms with van der Waals surface area (Å²) < 4.78 is 5.34. The van der Waals surface area contributed by atoms with Crippen LogP contribution in [0.4, 0.5) is 0 Å². The van der Waals surface area contributed by atoms with E-state index in [1.165, 1.54) is 0 Å². The molecular formula is C15H17N3O2. The van der Waals surface area contributed by atoms with Crippen LogP contribution in [0.1, 0.15) is 11.1 Å². The molecule has 2 rings (SSSR count). The number of pyridine rings is 2. The molecule has 1 amide bonds. The Morgan fingerprint density at radius 3 is 2.85 bits per heavy atom. The molecule has 0 fully saturated rings. The topological polar surface area (TPSA) is 55.3 Å². The van der Waals surface area contributed by atoms with Crippen LogP contribution < -0.4 is 4.74 Å². The number of likely N-dealkylation sites (N-methyl/N-ethyl adjacent to an activating group) is 1. The second-order valence-electron chi connectivity index (χ2n) is 4.51. The minimum Gasteiger partial charge on any atom is -0.468 e. The molecule has 0 spiro atoms. The molecule has 5 heteroatoms. The SMILES string of the molecule is Cc1ccncc1CN(C)C(=O)COc1ccccn1. The molecule has 0 bridgehead atoms. The smallest absolute Gasteiger partial charge is 0.260 e. The van der Waals surface area contributed by atoms with Gasteiger partial charge in [-0.15, -0.1) is 0 Å². The summed E-state index contributed by atoms with van der Waals surface area (Å²) in [4.78, 5) is 21.7. The fraction of sp³-hybridized carbons (Fsp3) is 0.267. The summed E-state index contributed by atoms with van der Waals surface area (Å²) >= 11 is 0. The molecule has 2 aromatic heterocycles. The Morgan fingerprint density at radius 1 is 1.30 bits per heavy atom. The summed E-state index contributed by atoms with van der Waals surface area (Å²) in [5.74, 6) is 0.353. The van der Waals surface area contributed by atoms with E-state index < -0.39 is 0 Å². The van der Waals surface area contributed by atoms with Gasteiger partial charge in [0.2, 0.25) is 5.88 Å². The molecule has 2 aromatic rings. The maximum atomic E-state index is 12.0. The minimum atomic E-state index is -0.0982. The van der Waals surface area contributed by atoms with Crippen LogP contribution in [0.15, 0.2) is 42.9 Å². The highest BCUT2D eigenvalue weighted by atomic mass is 16.5. The van der Waals surface area contributed by atoms with E-state index in [1.807, 2.05) is 19.1 Å². The molecule has 0 saturated heterocycles. The molecule has 0 saturated carbocycles. The van der Waals surface area contributed by atoms with E-state index in [-0.39, 0.29) is 12.5 Å². The first-order chi connectivity index (χ1) is 9.66. The normalized spacial score (nSPS) is 10.1. The first kappa shape index (κ1) is 14.0. The number of aromatic nitrogens is 2. The van der Waals surface area contributed by atoms with Crippen molar-refractivity contribution in [1.29, 1.82) is 0 Å². The van der Waals surface area contributed by atoms with Gasteiger partial charge in [-0.25, -0.2) is 4.98 Å². The van der Waals surface area contributed by atoms with Crippen molar-refractivity contribution in [3.63, 3.8) is 0 Å². The quantitative estimate of drug-likeness (QED) is 0.832. The van der Waals surface area contributed by atoms with Gasteiger partial charge in [-0.3, -0.25) is 9.78 Å². The van der Waals surface area contributed by atoms with Gasteiger partial charge in [-0.2, -0.15) is 0 Å². The molecular weight excluding hydrogens is 254 g/mol. The maximum absolute atomic E-state index is 12.0. The summed E-state index contributed by atoms with van der Waals surface area (Å²) in [6, 6.07) is 7.26. The largest absolute Gasteiger partial charge is 0.468 e. The van der Waals surface area contributed by atoms with Gasteiger partial charge in [0.15, 0.2) is 6.61 Å². The van der Waals surface area contributed by atoms with E-state index >= 15 is 0 Å². The lowest BCUT2D eigenvalue weighted by atomic mass is 10.1. The van der Waals surface area contributed by atoms with E-state index in [0.717, 1.165) is 11.1 Å². The number of nitrogens with zero attached hydrogens (tertiary/aromatic N) is 3. The van der Waals surface area contributed by atoms with E-state index in [1.54, 1.807) is 42.7 Å². The van der Waals surface area contributed by atoms with Gasteiger partial charge < -0.3 is 9.64 Å². The summed E-state index contributed by atoms with van der Waals surface area (Å²) in [5.41, 5.74) is 2.14. The highest BCUT2D eigenvalue weighted by Gasteiger charge is 2.11. The van der Waals surface area contributed by atoms with Crippen molar-refractivity contribution in [1.82, 2.24) is 14.9 Å². The Labute approximate surface area is 118 Å². The van der Waals surface area contributed by atoms with Crippen molar-refractivity contribution in [2.75, 3.05) is 13.7 Å². The summed E-state index contributed by atoms with van der Waals surface area (Å²) in [6.45, 7) is 2.50. The van der Waals surface area contributed by atoms with E-state index in [2.05, 4.69) is 9.97 Å². The molecule has 0 aromatic carbocycles. The molecule has 2 heterocycles. The van der Waals surface area contributed by atoms with Crippen molar-refractivity contribution in [2.24, 2.45) is 0 Å². The maximum Gasteiger partial charge on any atom is 0.260 e. The van der Waals surface area contributed by atoms with Gasteiger partial charge in [-0.1, -0.05) is 6.07 Å². The highest BCUT2D eigenvalue weighted by Crippen LogP contribution is 2.08. The third-order valence-electron chi connectivity index (χ3n) is 2.96. The van der Waals surface area contributed by atoms with Crippen molar-refractivity contribution in [3.05, 3.63) is 54.0 Å².